The number of alkyl halides is 3. The molecule has 1 aromatic heterocycles. The lowest BCUT2D eigenvalue weighted by molar-refractivity contribution is -0.182. The van der Waals surface area contributed by atoms with E-state index in [1.54, 1.807) is 48.5 Å². The van der Waals surface area contributed by atoms with Crippen LogP contribution in [0, 0.1) is 16.7 Å². The van der Waals surface area contributed by atoms with Gasteiger partial charge in [-0.1, -0.05) is 59.0 Å². The van der Waals surface area contributed by atoms with Gasteiger partial charge in [-0.3, -0.25) is 9.98 Å². The number of hydrogen-bond acceptors (Lipinski definition) is 6. The van der Waals surface area contributed by atoms with Gasteiger partial charge in [-0.2, -0.15) is 21.6 Å². The van der Waals surface area contributed by atoms with Crippen molar-refractivity contribution in [3.63, 3.8) is 0 Å². The Labute approximate surface area is 244 Å². The lowest BCUT2D eigenvalue weighted by Gasteiger charge is -2.36. The molecule has 0 bridgehead atoms. The number of aromatic nitrogens is 3. The maximum Gasteiger partial charge on any atom is 0.396 e. The van der Waals surface area contributed by atoms with Crippen LogP contribution >= 0.6 is 11.6 Å². The monoisotopic (exact) mass is 622 g/mol. The summed E-state index contributed by atoms with van der Waals surface area (Å²) in [7, 11) is -3.41. The van der Waals surface area contributed by atoms with Crippen molar-refractivity contribution < 1.29 is 26.3 Å². The summed E-state index contributed by atoms with van der Waals surface area (Å²) < 4.78 is 75.1. The third kappa shape index (κ3) is 6.34. The smallest absolute Gasteiger partial charge is 0.396 e. The van der Waals surface area contributed by atoms with E-state index in [0.717, 1.165) is 10.6 Å². The Morgan fingerprint density at radius 1 is 1.19 bits per heavy atom. The highest BCUT2D eigenvalue weighted by Gasteiger charge is 2.49. The molecular weight excluding hydrogens is 597 g/mol. The van der Waals surface area contributed by atoms with E-state index in [4.69, 9.17) is 21.7 Å². The van der Waals surface area contributed by atoms with Crippen LogP contribution in [0.4, 0.5) is 13.2 Å². The Morgan fingerprint density at radius 2 is 1.86 bits per heavy atom. The fourth-order valence-corrected chi connectivity index (χ4v) is 5.66. The van der Waals surface area contributed by atoms with Gasteiger partial charge in [-0.15, -0.1) is 5.10 Å². The zero-order valence-electron chi connectivity index (χ0n) is 22.3. The van der Waals surface area contributed by atoms with Gasteiger partial charge in [-0.25, -0.2) is 9.79 Å². The number of ether oxygens (including phenoxy) is 1. The highest BCUT2D eigenvalue weighted by molar-refractivity contribution is 8.04. The van der Waals surface area contributed by atoms with Crippen LogP contribution in [-0.4, -0.2) is 53.5 Å². The lowest BCUT2D eigenvalue weighted by Crippen LogP contribution is -2.48. The highest BCUT2D eigenvalue weighted by atomic mass is 35.5. The number of amidine groups is 1. The summed E-state index contributed by atoms with van der Waals surface area (Å²) in [5.41, 5.74) is -1.66. The van der Waals surface area contributed by atoms with Gasteiger partial charge in [-0.05, 0) is 42.0 Å². The maximum absolute atomic E-state index is 13.7. The van der Waals surface area contributed by atoms with Crippen LogP contribution in [0.2, 0.25) is 5.02 Å². The highest BCUT2D eigenvalue weighted by Crippen LogP contribution is 2.43. The average molecular weight is 623 g/mol. The maximum atomic E-state index is 13.7. The molecule has 1 heterocycles. The second-order valence-corrected chi connectivity index (χ2v) is 11.7. The fourth-order valence-electron chi connectivity index (χ4n) is 4.44. The van der Waals surface area contributed by atoms with Crippen LogP contribution < -0.4 is 15.7 Å². The first-order chi connectivity index (χ1) is 19.8. The van der Waals surface area contributed by atoms with Gasteiger partial charge in [0.15, 0.2) is 5.82 Å². The zero-order valence-corrected chi connectivity index (χ0v) is 23.9. The molecule has 0 fully saturated rings. The molecule has 10 nitrogen and oxygen atoms in total. The second kappa shape index (κ2) is 12.0. The average Bonchev–Trinajstić information content (AvgIpc) is 3.27. The molecule has 2 aromatic carbocycles. The van der Waals surface area contributed by atoms with E-state index in [1.807, 2.05) is 0 Å². The number of hydrogen-bond donors (Lipinski definition) is 2. The summed E-state index contributed by atoms with van der Waals surface area (Å²) >= 11 is 6.00. The van der Waals surface area contributed by atoms with E-state index in [1.165, 1.54) is 32.3 Å². The summed E-state index contributed by atoms with van der Waals surface area (Å²) in [6, 6.07) is 12.9. The van der Waals surface area contributed by atoms with E-state index in [2.05, 4.69) is 15.4 Å². The molecule has 3 aromatic rings. The summed E-state index contributed by atoms with van der Waals surface area (Å²) in [6.07, 6.45) is 0.764. The number of rotatable bonds is 8. The Kier molecular flexibility index (Phi) is 8.78. The molecule has 0 aliphatic heterocycles. The molecule has 1 aliphatic rings. The number of nitrogens with zero attached hydrogens (tertiary/aromatic N) is 4. The fraction of sp³-hybridized carbons (Fsp3) is 0.259. The van der Waals surface area contributed by atoms with Crippen LogP contribution in [0.15, 0.2) is 82.6 Å². The molecule has 1 aliphatic carbocycles. The summed E-state index contributed by atoms with van der Waals surface area (Å²) in [5, 5.41) is 13.4. The first-order valence-electron chi connectivity index (χ1n) is 12.4. The van der Waals surface area contributed by atoms with Gasteiger partial charge in [0.25, 0.3) is 0 Å². The number of nitrogens with one attached hydrogen (secondary N) is 2. The molecule has 4 rings (SSSR count). The van der Waals surface area contributed by atoms with Gasteiger partial charge in [0, 0.05) is 22.5 Å². The summed E-state index contributed by atoms with van der Waals surface area (Å²) in [5.74, 6) is -1.37. The van der Waals surface area contributed by atoms with E-state index in [0.29, 0.717) is 28.2 Å². The number of allylic oxidation sites excluding steroid dienone is 3. The van der Waals surface area contributed by atoms with Crippen molar-refractivity contribution in [2.75, 3.05) is 13.7 Å². The summed E-state index contributed by atoms with van der Waals surface area (Å²) in [6.45, 7) is 0.694. The molecule has 2 N–H and O–H groups in total. The molecule has 222 valence electrons. The van der Waals surface area contributed by atoms with Gasteiger partial charge in [0.2, 0.25) is 5.17 Å². The van der Waals surface area contributed by atoms with Crippen molar-refractivity contribution in [2.24, 2.45) is 16.3 Å². The van der Waals surface area contributed by atoms with Crippen LogP contribution in [0.25, 0.3) is 11.4 Å². The van der Waals surface area contributed by atoms with Crippen LogP contribution in [0.5, 0.6) is 5.75 Å². The largest absolute Gasteiger partial charge is 0.497 e. The predicted molar refractivity (Wildman–Crippen MR) is 154 cm³/mol. The Morgan fingerprint density at radius 3 is 2.45 bits per heavy atom. The molecule has 15 heteroatoms. The minimum absolute atomic E-state index is 0.0188. The third-order valence-corrected chi connectivity index (χ3v) is 8.35. The van der Waals surface area contributed by atoms with Crippen LogP contribution in [-0.2, 0) is 16.6 Å². The Bertz CT molecular complexity index is 1710. The molecule has 0 spiro atoms. The van der Waals surface area contributed by atoms with E-state index in [-0.39, 0.29) is 16.5 Å². The van der Waals surface area contributed by atoms with Gasteiger partial charge in [0.1, 0.15) is 12.1 Å². The number of aliphatic imine (C=N–C) groups is 1. The topological polar surface area (TPSA) is 131 Å². The minimum Gasteiger partial charge on any atom is -0.497 e. The minimum atomic E-state index is -4.90. The number of methoxy groups -OCH3 is 1. The molecule has 42 heavy (non-hydrogen) atoms. The quantitative estimate of drug-likeness (QED) is 0.282. The standard InChI is InChI=1S/C27H26ClF3N6O4S/c1-26(14-4-3-5-22(26)27(29,30)31)16-33-24(34-17-32)42(39,40)37-25(38)36(15-18-6-12-21(41-2)13-7-18)23(35-37)19-8-10-20(28)11-9-19/h3-14,17,22H,15-16H2,1-2H3,(H2,32,33,34). The first kappa shape index (κ1) is 30.8. The van der Waals surface area contributed by atoms with Crippen molar-refractivity contribution in [2.45, 2.75) is 19.6 Å². The van der Waals surface area contributed by atoms with E-state index >= 15 is 0 Å². The molecule has 0 amide bonds. The molecule has 0 saturated carbocycles. The Hall–Kier alpha value is -4.17. The SMILES string of the molecule is COc1ccc(Cn2c(-c3ccc(Cl)cc3)nn(S(=O)(=O)/C(=N/C=N)NCC3(C)C=CC=CC3C(F)(F)F)c2=O)cc1. The lowest BCUT2D eigenvalue weighted by atomic mass is 9.74. The molecular formula is C27H26ClF3N6O4S. The molecule has 2 unspecified atom stereocenters. The second-order valence-electron chi connectivity index (χ2n) is 9.58. The van der Waals surface area contributed by atoms with Crippen molar-refractivity contribution >= 4 is 33.1 Å². The molecule has 0 saturated heterocycles. The molecule has 0 radical (unpaired) electrons. The number of benzene rings is 2. The number of halogens is 4. The zero-order chi connectivity index (χ0) is 30.7. The van der Waals surface area contributed by atoms with Gasteiger partial charge >= 0.3 is 21.9 Å². The van der Waals surface area contributed by atoms with Crippen LogP contribution in [0.1, 0.15) is 12.5 Å². The van der Waals surface area contributed by atoms with Gasteiger partial charge in [0.05, 0.1) is 19.6 Å². The van der Waals surface area contributed by atoms with Crippen molar-refractivity contribution in [1.29, 1.82) is 5.41 Å². The van der Waals surface area contributed by atoms with E-state index in [9.17, 15) is 26.4 Å². The van der Waals surface area contributed by atoms with Crippen molar-refractivity contribution in [3.05, 3.63) is 93.9 Å². The van der Waals surface area contributed by atoms with Gasteiger partial charge < -0.3 is 10.1 Å². The predicted octanol–water partition coefficient (Wildman–Crippen LogP) is 4.46. The third-order valence-electron chi connectivity index (χ3n) is 6.67. The first-order valence-corrected chi connectivity index (χ1v) is 14.2. The van der Waals surface area contributed by atoms with E-state index < -0.39 is 44.9 Å². The van der Waals surface area contributed by atoms with Crippen LogP contribution in [0.3, 0.4) is 0 Å². The Balaban J connectivity index is 1.76. The van der Waals surface area contributed by atoms with Crippen molar-refractivity contribution in [3.8, 4) is 17.1 Å². The summed E-state index contributed by atoms with van der Waals surface area (Å²) in [4.78, 5) is 17.1. The van der Waals surface area contributed by atoms with Crippen molar-refractivity contribution in [1.82, 2.24) is 19.1 Å². The molecule has 2 atom stereocenters. The normalized spacial score (nSPS) is 19.1.